The van der Waals surface area contributed by atoms with Crippen molar-refractivity contribution in [3.8, 4) is 0 Å². The van der Waals surface area contributed by atoms with Gasteiger partial charge in [0.15, 0.2) is 0 Å². The first-order chi connectivity index (χ1) is 11.1. The summed E-state index contributed by atoms with van der Waals surface area (Å²) >= 11 is 5.90. The van der Waals surface area contributed by atoms with E-state index < -0.39 is 0 Å². The van der Waals surface area contributed by atoms with E-state index in [1.54, 1.807) is 18.2 Å². The molecule has 5 heteroatoms. The van der Waals surface area contributed by atoms with Gasteiger partial charge in [0.05, 0.1) is 5.54 Å². The number of halogens is 2. The molecule has 23 heavy (non-hydrogen) atoms. The average Bonchev–Trinajstić information content (AvgIpc) is 3.30. The van der Waals surface area contributed by atoms with Gasteiger partial charge in [0.1, 0.15) is 5.82 Å². The number of nitrogens with one attached hydrogen (secondary N) is 2. The van der Waals surface area contributed by atoms with Gasteiger partial charge in [-0.1, -0.05) is 41.9 Å². The highest BCUT2D eigenvalue weighted by Gasteiger charge is 2.45. The molecule has 1 fully saturated rings. The predicted molar refractivity (Wildman–Crippen MR) is 89.0 cm³/mol. The number of hydrogen-bond acceptors (Lipinski definition) is 1. The second-order valence-corrected chi connectivity index (χ2v) is 6.25. The van der Waals surface area contributed by atoms with E-state index in [0.717, 1.165) is 18.4 Å². The Morgan fingerprint density at radius 3 is 2.48 bits per heavy atom. The van der Waals surface area contributed by atoms with Gasteiger partial charge in [-0.3, -0.25) is 0 Å². The minimum atomic E-state index is -0.285. The fourth-order valence-electron chi connectivity index (χ4n) is 2.65. The third-order valence-electron chi connectivity index (χ3n) is 4.14. The van der Waals surface area contributed by atoms with E-state index in [4.69, 9.17) is 11.6 Å². The number of benzene rings is 2. The van der Waals surface area contributed by atoms with Gasteiger partial charge >= 0.3 is 6.03 Å². The van der Waals surface area contributed by atoms with E-state index in [2.05, 4.69) is 10.6 Å². The van der Waals surface area contributed by atoms with Crippen LogP contribution >= 0.6 is 11.6 Å². The van der Waals surface area contributed by atoms with Gasteiger partial charge in [-0.2, -0.15) is 0 Å². The van der Waals surface area contributed by atoms with E-state index in [1.807, 2.05) is 24.3 Å². The van der Waals surface area contributed by atoms with Crippen molar-refractivity contribution in [3.05, 3.63) is 70.5 Å². The minimum absolute atomic E-state index is 0.228. The molecule has 2 aromatic rings. The Kier molecular flexibility index (Phi) is 4.53. The smallest absolute Gasteiger partial charge is 0.315 e. The van der Waals surface area contributed by atoms with Crippen LogP contribution in [0, 0.1) is 5.82 Å². The van der Waals surface area contributed by atoms with Crippen LogP contribution in [0.2, 0.25) is 5.02 Å². The molecule has 0 saturated heterocycles. The Morgan fingerprint density at radius 1 is 1.13 bits per heavy atom. The minimum Gasteiger partial charge on any atom is -0.338 e. The summed E-state index contributed by atoms with van der Waals surface area (Å²) in [6, 6.07) is 13.9. The topological polar surface area (TPSA) is 41.1 Å². The van der Waals surface area contributed by atoms with Crippen molar-refractivity contribution in [2.75, 3.05) is 6.54 Å². The largest absolute Gasteiger partial charge is 0.338 e. The first kappa shape index (κ1) is 15.8. The highest BCUT2D eigenvalue weighted by Crippen LogP contribution is 2.45. The molecule has 0 heterocycles. The van der Waals surface area contributed by atoms with Crippen LogP contribution in [0.4, 0.5) is 9.18 Å². The molecule has 0 aliphatic heterocycles. The molecule has 1 aliphatic carbocycles. The Morgan fingerprint density at radius 2 is 1.83 bits per heavy atom. The van der Waals surface area contributed by atoms with Crippen molar-refractivity contribution in [1.29, 1.82) is 0 Å². The number of carbonyl (C=O) groups excluding carboxylic acids is 1. The van der Waals surface area contributed by atoms with Crippen LogP contribution in [0.1, 0.15) is 24.0 Å². The summed E-state index contributed by atoms with van der Waals surface area (Å²) in [5, 5.41) is 6.49. The lowest BCUT2D eigenvalue weighted by Gasteiger charge is -2.18. The summed E-state index contributed by atoms with van der Waals surface area (Å²) in [4.78, 5) is 12.1. The second kappa shape index (κ2) is 6.59. The zero-order valence-electron chi connectivity index (χ0n) is 12.6. The Balaban J connectivity index is 1.52. The zero-order chi connectivity index (χ0) is 16.3. The van der Waals surface area contributed by atoms with E-state index in [-0.39, 0.29) is 17.4 Å². The molecule has 2 N–H and O–H groups in total. The first-order valence-corrected chi connectivity index (χ1v) is 8.02. The highest BCUT2D eigenvalue weighted by atomic mass is 35.5. The van der Waals surface area contributed by atoms with Gasteiger partial charge in [-0.05, 0) is 48.6 Å². The van der Waals surface area contributed by atoms with Crippen LogP contribution in [-0.2, 0) is 12.0 Å². The predicted octanol–water partition coefficient (Wildman–Crippen LogP) is 4.01. The van der Waals surface area contributed by atoms with Crippen LogP contribution < -0.4 is 10.6 Å². The molecule has 2 amide bonds. The van der Waals surface area contributed by atoms with Gasteiger partial charge in [0.2, 0.25) is 0 Å². The maximum absolute atomic E-state index is 13.5. The summed E-state index contributed by atoms with van der Waals surface area (Å²) in [5.41, 5.74) is 1.38. The van der Waals surface area contributed by atoms with Crippen molar-refractivity contribution in [1.82, 2.24) is 10.6 Å². The number of carbonyl (C=O) groups is 1. The van der Waals surface area contributed by atoms with Crippen molar-refractivity contribution >= 4 is 17.6 Å². The fourth-order valence-corrected chi connectivity index (χ4v) is 2.78. The molecule has 120 valence electrons. The molecule has 3 nitrogen and oxygen atoms in total. The van der Waals surface area contributed by atoms with Gasteiger partial charge in [0.25, 0.3) is 0 Å². The van der Waals surface area contributed by atoms with Gasteiger partial charge in [-0.15, -0.1) is 0 Å². The van der Waals surface area contributed by atoms with Gasteiger partial charge in [0, 0.05) is 11.6 Å². The molecular weight excluding hydrogens is 315 g/mol. The van der Waals surface area contributed by atoms with Gasteiger partial charge < -0.3 is 10.6 Å². The SMILES string of the molecule is O=C(NCCc1ccccc1F)NC1(c2ccc(Cl)cc2)CC1. The van der Waals surface area contributed by atoms with Crippen LogP contribution in [-0.4, -0.2) is 12.6 Å². The Bertz CT molecular complexity index is 698. The van der Waals surface area contributed by atoms with Gasteiger partial charge in [-0.25, -0.2) is 9.18 Å². The molecular formula is C18H18ClFN2O. The van der Waals surface area contributed by atoms with Crippen LogP contribution in [0.25, 0.3) is 0 Å². The van der Waals surface area contributed by atoms with Crippen molar-refractivity contribution in [3.63, 3.8) is 0 Å². The van der Waals surface area contributed by atoms with E-state index in [0.29, 0.717) is 23.6 Å². The first-order valence-electron chi connectivity index (χ1n) is 7.65. The lowest BCUT2D eigenvalue weighted by molar-refractivity contribution is 0.236. The third kappa shape index (κ3) is 3.82. The molecule has 0 spiro atoms. The van der Waals surface area contributed by atoms with Crippen LogP contribution in [0.15, 0.2) is 48.5 Å². The van der Waals surface area contributed by atoms with Crippen LogP contribution in [0.5, 0.6) is 0 Å². The van der Waals surface area contributed by atoms with E-state index >= 15 is 0 Å². The van der Waals surface area contributed by atoms with Crippen molar-refractivity contribution in [2.45, 2.75) is 24.8 Å². The molecule has 3 rings (SSSR count). The fraction of sp³-hybridized carbons (Fsp3) is 0.278. The lowest BCUT2D eigenvalue weighted by Crippen LogP contribution is -2.42. The standard InChI is InChI=1S/C18H18ClFN2O/c19-15-7-5-14(6-8-15)18(10-11-18)22-17(23)21-12-9-13-3-1-2-4-16(13)20/h1-8H,9-12H2,(H2,21,22,23). The molecule has 2 aromatic carbocycles. The Labute approximate surface area is 139 Å². The number of rotatable bonds is 5. The summed E-state index contributed by atoms with van der Waals surface area (Å²) in [7, 11) is 0. The molecule has 1 aliphatic rings. The molecule has 0 atom stereocenters. The monoisotopic (exact) mass is 332 g/mol. The maximum atomic E-state index is 13.5. The lowest BCUT2D eigenvalue weighted by atomic mass is 10.1. The van der Waals surface area contributed by atoms with Crippen LogP contribution in [0.3, 0.4) is 0 Å². The average molecular weight is 333 g/mol. The molecule has 1 saturated carbocycles. The normalized spacial score (nSPS) is 15.0. The van der Waals surface area contributed by atoms with E-state index in [1.165, 1.54) is 6.07 Å². The third-order valence-corrected chi connectivity index (χ3v) is 4.39. The van der Waals surface area contributed by atoms with Crippen molar-refractivity contribution in [2.24, 2.45) is 0 Å². The summed E-state index contributed by atoms with van der Waals surface area (Å²) in [6.45, 7) is 0.392. The quantitative estimate of drug-likeness (QED) is 0.853. The molecule has 0 aromatic heterocycles. The van der Waals surface area contributed by atoms with E-state index in [9.17, 15) is 9.18 Å². The summed E-state index contributed by atoms with van der Waals surface area (Å²) < 4.78 is 13.5. The molecule has 0 unspecified atom stereocenters. The van der Waals surface area contributed by atoms with Crippen molar-refractivity contribution < 1.29 is 9.18 Å². The molecule has 0 bridgehead atoms. The summed E-state index contributed by atoms with van der Waals surface area (Å²) in [6.07, 6.45) is 2.29. The number of amides is 2. The summed E-state index contributed by atoms with van der Waals surface area (Å²) in [5.74, 6) is -0.241. The Hall–Kier alpha value is -2.07. The number of hydrogen-bond donors (Lipinski definition) is 2. The zero-order valence-corrected chi connectivity index (χ0v) is 13.4. The highest BCUT2D eigenvalue weighted by molar-refractivity contribution is 6.30. The molecule has 0 radical (unpaired) electrons. The second-order valence-electron chi connectivity index (χ2n) is 5.81. The maximum Gasteiger partial charge on any atom is 0.315 e. The number of urea groups is 1.